The van der Waals surface area contributed by atoms with Crippen LogP contribution in [0.4, 0.5) is 0 Å². The fourth-order valence-electron chi connectivity index (χ4n) is 3.05. The molecule has 2 N–H and O–H groups in total. The number of allylic oxidation sites excluding steroid dienone is 1. The molecule has 2 atom stereocenters. The smallest absolute Gasteiger partial charge is 0.286 e. The summed E-state index contributed by atoms with van der Waals surface area (Å²) in [5.74, 6) is 1.18. The molecule has 0 fully saturated rings. The molecule has 1 aromatic rings. The van der Waals surface area contributed by atoms with Crippen molar-refractivity contribution in [3.8, 4) is 11.5 Å². The van der Waals surface area contributed by atoms with E-state index in [0.717, 1.165) is 5.56 Å². The molecule has 9 nitrogen and oxygen atoms in total. The number of nitrogens with one attached hydrogen (secondary N) is 1. The van der Waals surface area contributed by atoms with Crippen LogP contribution in [0.1, 0.15) is 17.9 Å². The first-order valence-corrected chi connectivity index (χ1v) is 9.56. The molecule has 2 aliphatic rings. The van der Waals surface area contributed by atoms with Gasteiger partial charge in [-0.25, -0.2) is 0 Å². The van der Waals surface area contributed by atoms with Crippen molar-refractivity contribution >= 4 is 5.91 Å². The topological polar surface area (TPSA) is 105 Å². The third kappa shape index (κ3) is 6.07. The zero-order valence-corrected chi connectivity index (χ0v) is 16.4. The van der Waals surface area contributed by atoms with Crippen molar-refractivity contribution in [2.24, 2.45) is 0 Å². The second-order valence-electron chi connectivity index (χ2n) is 6.49. The van der Waals surface area contributed by atoms with E-state index in [1.165, 1.54) is 0 Å². The van der Waals surface area contributed by atoms with E-state index in [1.807, 2.05) is 18.2 Å². The highest BCUT2D eigenvalue weighted by Crippen LogP contribution is 2.38. The van der Waals surface area contributed by atoms with Gasteiger partial charge >= 0.3 is 0 Å². The summed E-state index contributed by atoms with van der Waals surface area (Å²) in [6.07, 6.45) is 1.73. The van der Waals surface area contributed by atoms with Gasteiger partial charge in [-0.2, -0.15) is 0 Å². The molecular weight excluding hydrogens is 382 g/mol. The summed E-state index contributed by atoms with van der Waals surface area (Å²) in [6.45, 7) is 1.82. The lowest BCUT2D eigenvalue weighted by Gasteiger charge is -2.29. The minimum atomic E-state index is -0.601. The Labute approximate surface area is 169 Å². The molecule has 0 spiro atoms. The van der Waals surface area contributed by atoms with Crippen molar-refractivity contribution in [3.63, 3.8) is 0 Å². The summed E-state index contributed by atoms with van der Waals surface area (Å²) in [6, 6.07) is 5.72. The highest BCUT2D eigenvalue weighted by Gasteiger charge is 2.29. The highest BCUT2D eigenvalue weighted by molar-refractivity contribution is 5.91. The number of hydrogen-bond donors (Lipinski definition) is 2. The third-order valence-electron chi connectivity index (χ3n) is 4.46. The molecule has 1 amide bonds. The SMILES string of the molecule is COCCNC(=O)C1=C[C@H](c2ccc3c(c2)OCO3)C[C@H](OCCOCCO)O1. The summed E-state index contributed by atoms with van der Waals surface area (Å²) in [7, 11) is 1.57. The lowest BCUT2D eigenvalue weighted by atomic mass is 9.92. The number of methoxy groups -OCH3 is 1. The van der Waals surface area contributed by atoms with Gasteiger partial charge in [0.25, 0.3) is 5.91 Å². The average Bonchev–Trinajstić information content (AvgIpc) is 3.21. The fraction of sp³-hybridized carbons (Fsp3) is 0.550. The van der Waals surface area contributed by atoms with E-state index in [9.17, 15) is 4.79 Å². The molecule has 0 radical (unpaired) electrons. The van der Waals surface area contributed by atoms with Crippen LogP contribution >= 0.6 is 0 Å². The Bertz CT molecular complexity index is 708. The number of amides is 1. The predicted octanol–water partition coefficient (Wildman–Crippen LogP) is 0.917. The molecule has 0 unspecified atom stereocenters. The van der Waals surface area contributed by atoms with Crippen LogP contribution in [0, 0.1) is 0 Å². The maximum absolute atomic E-state index is 12.5. The van der Waals surface area contributed by atoms with Gasteiger partial charge in [0.05, 0.1) is 33.0 Å². The number of aliphatic hydroxyl groups is 1. The van der Waals surface area contributed by atoms with Gasteiger partial charge in [0.15, 0.2) is 17.3 Å². The van der Waals surface area contributed by atoms with Crippen molar-refractivity contribution in [2.75, 3.05) is 53.5 Å². The molecule has 0 aliphatic carbocycles. The summed E-state index contributed by atoms with van der Waals surface area (Å²) >= 11 is 0. The largest absolute Gasteiger partial charge is 0.459 e. The van der Waals surface area contributed by atoms with Crippen molar-refractivity contribution < 1.29 is 38.3 Å². The van der Waals surface area contributed by atoms with E-state index in [4.69, 9.17) is 33.5 Å². The standard InChI is InChI=1S/C20H27NO8/c1-24-6-4-21-20(23)18-11-15(12-19(29-18)26-9-8-25-7-5-22)14-2-3-16-17(10-14)28-13-27-16/h2-3,10-11,15,19,22H,4-9,12-13H2,1H3,(H,21,23)/t15-,19+/m0/s1. The molecule has 9 heteroatoms. The monoisotopic (exact) mass is 409 g/mol. The molecule has 3 rings (SSSR count). The van der Waals surface area contributed by atoms with Gasteiger partial charge in [-0.15, -0.1) is 0 Å². The molecule has 0 saturated heterocycles. The Hall–Kier alpha value is -2.33. The van der Waals surface area contributed by atoms with Crippen LogP contribution in [0.5, 0.6) is 11.5 Å². The van der Waals surface area contributed by atoms with E-state index >= 15 is 0 Å². The quantitative estimate of drug-likeness (QED) is 0.520. The minimum absolute atomic E-state index is 0.0410. The van der Waals surface area contributed by atoms with Crippen LogP contribution < -0.4 is 14.8 Å². The van der Waals surface area contributed by atoms with Crippen molar-refractivity contribution in [1.82, 2.24) is 5.32 Å². The van der Waals surface area contributed by atoms with Crippen LogP contribution in [-0.2, 0) is 23.7 Å². The van der Waals surface area contributed by atoms with Crippen LogP contribution in [0.15, 0.2) is 30.0 Å². The minimum Gasteiger partial charge on any atom is -0.459 e. The van der Waals surface area contributed by atoms with E-state index in [-0.39, 0.29) is 44.2 Å². The third-order valence-corrected chi connectivity index (χ3v) is 4.46. The number of carbonyl (C=O) groups excluding carboxylic acids is 1. The molecule has 29 heavy (non-hydrogen) atoms. The number of hydrogen-bond acceptors (Lipinski definition) is 8. The summed E-state index contributed by atoms with van der Waals surface area (Å²) in [5.41, 5.74) is 0.977. The Morgan fingerprint density at radius 2 is 2.07 bits per heavy atom. The van der Waals surface area contributed by atoms with Gasteiger partial charge < -0.3 is 38.8 Å². The van der Waals surface area contributed by atoms with Crippen LogP contribution in [-0.4, -0.2) is 70.8 Å². The molecule has 2 aliphatic heterocycles. The summed E-state index contributed by atoms with van der Waals surface area (Å²) < 4.78 is 32.5. The maximum Gasteiger partial charge on any atom is 0.286 e. The van der Waals surface area contributed by atoms with Gasteiger partial charge in [0.1, 0.15) is 0 Å². The summed E-state index contributed by atoms with van der Waals surface area (Å²) in [4.78, 5) is 12.5. The number of aliphatic hydroxyl groups excluding tert-OH is 1. The molecule has 2 heterocycles. The Morgan fingerprint density at radius 3 is 2.90 bits per heavy atom. The Morgan fingerprint density at radius 1 is 1.21 bits per heavy atom. The van der Waals surface area contributed by atoms with Crippen molar-refractivity contribution in [1.29, 1.82) is 0 Å². The summed E-state index contributed by atoms with van der Waals surface area (Å²) in [5, 5.41) is 11.5. The van der Waals surface area contributed by atoms with Gasteiger partial charge in [-0.05, 0) is 23.8 Å². The Kier molecular flexibility index (Phi) is 8.12. The molecule has 0 saturated carbocycles. The van der Waals surface area contributed by atoms with Gasteiger partial charge in [-0.3, -0.25) is 4.79 Å². The number of ether oxygens (including phenoxy) is 6. The molecular formula is C20H27NO8. The average molecular weight is 409 g/mol. The maximum atomic E-state index is 12.5. The first-order valence-electron chi connectivity index (χ1n) is 9.56. The second-order valence-corrected chi connectivity index (χ2v) is 6.49. The second kappa shape index (κ2) is 11.0. The first-order chi connectivity index (χ1) is 14.2. The zero-order chi connectivity index (χ0) is 20.5. The fourth-order valence-corrected chi connectivity index (χ4v) is 3.05. The van der Waals surface area contributed by atoms with E-state index in [0.29, 0.717) is 37.7 Å². The molecule has 160 valence electrons. The lowest BCUT2D eigenvalue weighted by Crippen LogP contribution is -2.34. The highest BCUT2D eigenvalue weighted by atomic mass is 16.7. The van der Waals surface area contributed by atoms with Gasteiger partial charge in [0.2, 0.25) is 13.1 Å². The number of carbonyl (C=O) groups is 1. The van der Waals surface area contributed by atoms with E-state index in [1.54, 1.807) is 13.2 Å². The molecule has 0 bridgehead atoms. The van der Waals surface area contributed by atoms with E-state index in [2.05, 4.69) is 5.32 Å². The van der Waals surface area contributed by atoms with Crippen LogP contribution in [0.25, 0.3) is 0 Å². The zero-order valence-electron chi connectivity index (χ0n) is 16.4. The first kappa shape index (κ1) is 21.4. The number of benzene rings is 1. The van der Waals surface area contributed by atoms with Crippen molar-refractivity contribution in [3.05, 3.63) is 35.6 Å². The Balaban J connectivity index is 1.68. The van der Waals surface area contributed by atoms with Gasteiger partial charge in [0, 0.05) is 26.0 Å². The predicted molar refractivity (Wildman–Crippen MR) is 102 cm³/mol. The van der Waals surface area contributed by atoms with Crippen LogP contribution in [0.2, 0.25) is 0 Å². The van der Waals surface area contributed by atoms with Gasteiger partial charge in [-0.1, -0.05) is 6.07 Å². The number of rotatable bonds is 11. The number of fused-ring (bicyclic) bond motifs is 1. The van der Waals surface area contributed by atoms with E-state index < -0.39 is 6.29 Å². The van der Waals surface area contributed by atoms with Crippen LogP contribution in [0.3, 0.4) is 0 Å². The van der Waals surface area contributed by atoms with Crippen molar-refractivity contribution in [2.45, 2.75) is 18.6 Å². The lowest BCUT2D eigenvalue weighted by molar-refractivity contribution is -0.151. The molecule has 1 aromatic carbocycles. The normalized spacial score (nSPS) is 20.1. The molecule has 0 aromatic heterocycles.